The van der Waals surface area contributed by atoms with Crippen LogP contribution in [0.2, 0.25) is 0 Å². The summed E-state index contributed by atoms with van der Waals surface area (Å²) in [6.45, 7) is 6.28. The van der Waals surface area contributed by atoms with E-state index in [-0.39, 0.29) is 35.8 Å². The van der Waals surface area contributed by atoms with E-state index in [9.17, 15) is 8.42 Å². The average molecular weight is 554 g/mol. The van der Waals surface area contributed by atoms with E-state index in [1.165, 1.54) is 64.2 Å². The van der Waals surface area contributed by atoms with Gasteiger partial charge in [0.05, 0.1) is 30.7 Å². The van der Waals surface area contributed by atoms with E-state index < -0.39 is 10.0 Å². The molecule has 8 heteroatoms. The maximum atomic E-state index is 13.0. The second-order valence-corrected chi connectivity index (χ2v) is 14.7. The maximum absolute atomic E-state index is 13.0. The summed E-state index contributed by atoms with van der Waals surface area (Å²) in [5.74, 6) is 1.74. The highest BCUT2D eigenvalue weighted by molar-refractivity contribution is 7.90. The van der Waals surface area contributed by atoms with Gasteiger partial charge in [-0.2, -0.15) is 0 Å². The van der Waals surface area contributed by atoms with Crippen LogP contribution in [0.25, 0.3) is 0 Å². The predicted octanol–water partition coefficient (Wildman–Crippen LogP) is 5.14. The van der Waals surface area contributed by atoms with Crippen molar-refractivity contribution in [3.63, 3.8) is 0 Å². The third-order valence-electron chi connectivity index (χ3n) is 9.86. The SMILES string of the molecule is C=CC1CCC(S(=O)(=O)NC[C@@H]2C[C@@H]3O[C@H](COCC4CCCCC4)[C@@H](OCC4CCCCC4)[C@@H]3O2)CC1. The van der Waals surface area contributed by atoms with Gasteiger partial charge in [0.25, 0.3) is 0 Å². The van der Waals surface area contributed by atoms with E-state index in [2.05, 4.69) is 11.3 Å². The van der Waals surface area contributed by atoms with Crippen LogP contribution in [0.1, 0.15) is 96.3 Å². The Hall–Kier alpha value is -0.510. The molecule has 7 nitrogen and oxygen atoms in total. The molecule has 2 heterocycles. The molecule has 0 amide bonds. The van der Waals surface area contributed by atoms with E-state index in [0.717, 1.165) is 26.1 Å². The molecule has 0 aromatic carbocycles. The zero-order valence-electron chi connectivity index (χ0n) is 23.3. The quantitative estimate of drug-likeness (QED) is 0.337. The van der Waals surface area contributed by atoms with Crippen molar-refractivity contribution in [3.8, 4) is 0 Å². The second-order valence-electron chi connectivity index (χ2n) is 12.7. The van der Waals surface area contributed by atoms with Gasteiger partial charge in [0.15, 0.2) is 0 Å². The minimum atomic E-state index is -3.35. The summed E-state index contributed by atoms with van der Waals surface area (Å²) in [6, 6.07) is 0. The highest BCUT2D eigenvalue weighted by Crippen LogP contribution is 2.37. The van der Waals surface area contributed by atoms with Gasteiger partial charge >= 0.3 is 0 Å². The zero-order valence-corrected chi connectivity index (χ0v) is 24.1. The Bertz CT molecular complexity index is 832. The van der Waals surface area contributed by atoms with Gasteiger partial charge in [-0.3, -0.25) is 0 Å². The molecule has 2 saturated heterocycles. The number of hydrogen-bond acceptors (Lipinski definition) is 6. The fourth-order valence-corrected chi connectivity index (χ4v) is 8.98. The van der Waals surface area contributed by atoms with Crippen LogP contribution in [0.15, 0.2) is 12.7 Å². The van der Waals surface area contributed by atoms with Crippen molar-refractivity contribution in [2.24, 2.45) is 17.8 Å². The molecule has 38 heavy (non-hydrogen) atoms. The van der Waals surface area contributed by atoms with Crippen LogP contribution in [0.3, 0.4) is 0 Å². The lowest BCUT2D eigenvalue weighted by molar-refractivity contribution is -0.104. The largest absolute Gasteiger partial charge is 0.378 e. The topological polar surface area (TPSA) is 83.1 Å². The van der Waals surface area contributed by atoms with Crippen LogP contribution < -0.4 is 4.72 Å². The second kappa shape index (κ2) is 13.9. The summed E-state index contributed by atoms with van der Waals surface area (Å²) < 4.78 is 54.4. The molecular formula is C30H51NO6S. The first-order valence-corrected chi connectivity index (χ1v) is 17.2. The van der Waals surface area contributed by atoms with Gasteiger partial charge < -0.3 is 18.9 Å². The first-order valence-electron chi connectivity index (χ1n) is 15.6. The molecule has 5 atom stereocenters. The van der Waals surface area contributed by atoms with Gasteiger partial charge in [-0.05, 0) is 69.1 Å². The lowest BCUT2D eigenvalue weighted by Crippen LogP contribution is -2.42. The summed E-state index contributed by atoms with van der Waals surface area (Å²) in [5, 5.41) is -0.312. The molecule has 218 valence electrons. The molecule has 3 aliphatic carbocycles. The number of sulfonamides is 1. The normalized spacial score (nSPS) is 37.3. The van der Waals surface area contributed by atoms with Crippen LogP contribution in [-0.4, -0.2) is 70.6 Å². The number of fused-ring (bicyclic) bond motifs is 1. The molecule has 5 fully saturated rings. The van der Waals surface area contributed by atoms with Gasteiger partial charge in [-0.15, -0.1) is 6.58 Å². The fourth-order valence-electron chi connectivity index (χ4n) is 7.43. The number of nitrogens with one attached hydrogen (secondary N) is 1. The van der Waals surface area contributed by atoms with Crippen molar-refractivity contribution >= 4 is 10.0 Å². The molecular weight excluding hydrogens is 502 g/mol. The highest BCUT2D eigenvalue weighted by atomic mass is 32.2. The average Bonchev–Trinajstić information content (AvgIpc) is 3.49. The van der Waals surface area contributed by atoms with Gasteiger partial charge in [0.1, 0.15) is 18.3 Å². The molecule has 0 spiro atoms. The van der Waals surface area contributed by atoms with Gasteiger partial charge in [-0.1, -0.05) is 44.6 Å². The van der Waals surface area contributed by atoms with Crippen LogP contribution in [0.4, 0.5) is 0 Å². The molecule has 0 bridgehead atoms. The van der Waals surface area contributed by atoms with Crippen molar-refractivity contribution in [1.82, 2.24) is 4.72 Å². The third-order valence-corrected chi connectivity index (χ3v) is 11.8. The molecule has 0 aromatic rings. The summed E-state index contributed by atoms with van der Waals surface area (Å²) in [4.78, 5) is 0. The molecule has 5 aliphatic rings. The van der Waals surface area contributed by atoms with Crippen LogP contribution >= 0.6 is 0 Å². The smallest absolute Gasteiger partial charge is 0.214 e. The Balaban J connectivity index is 1.12. The van der Waals surface area contributed by atoms with E-state index in [4.69, 9.17) is 18.9 Å². The Morgan fingerprint density at radius 3 is 2.13 bits per heavy atom. The molecule has 0 aromatic heterocycles. The Morgan fingerprint density at radius 2 is 1.47 bits per heavy atom. The third kappa shape index (κ3) is 7.61. The number of ether oxygens (including phenoxy) is 4. The van der Waals surface area contributed by atoms with Gasteiger partial charge in [0, 0.05) is 19.6 Å². The lowest BCUT2D eigenvalue weighted by Gasteiger charge is -2.29. The standard InChI is InChI=1S/C30H51NO6S/c1-2-22-13-15-26(16-14-22)38(32,33)31-18-25-17-27-30(36-25)29(35-20-24-11-7-4-8-12-24)28(37-27)21-34-19-23-9-5-3-6-10-23/h2,22-31H,1,3-21H2/t22?,25-,26?,27-,28+,29+,30+/m0/s1. The molecule has 3 saturated carbocycles. The summed E-state index contributed by atoms with van der Waals surface area (Å²) in [7, 11) is -3.35. The zero-order chi connectivity index (χ0) is 26.4. The van der Waals surface area contributed by atoms with Crippen molar-refractivity contribution < 1.29 is 27.4 Å². The van der Waals surface area contributed by atoms with Crippen molar-refractivity contribution in [2.75, 3.05) is 26.4 Å². The lowest BCUT2D eigenvalue weighted by atomic mass is 9.89. The van der Waals surface area contributed by atoms with Crippen LogP contribution in [0.5, 0.6) is 0 Å². The van der Waals surface area contributed by atoms with E-state index in [1.807, 2.05) is 6.08 Å². The van der Waals surface area contributed by atoms with Crippen molar-refractivity contribution in [2.45, 2.75) is 132 Å². The van der Waals surface area contributed by atoms with E-state index >= 15 is 0 Å². The molecule has 2 aliphatic heterocycles. The minimum Gasteiger partial charge on any atom is -0.378 e. The predicted molar refractivity (Wildman–Crippen MR) is 149 cm³/mol. The number of rotatable bonds is 12. The molecule has 5 rings (SSSR count). The molecule has 0 unspecified atom stereocenters. The summed E-state index contributed by atoms with van der Waals surface area (Å²) >= 11 is 0. The van der Waals surface area contributed by atoms with Crippen LogP contribution in [-0.2, 0) is 29.0 Å². The fraction of sp³-hybridized carbons (Fsp3) is 0.933. The minimum absolute atomic E-state index is 0.0628. The number of hydrogen-bond donors (Lipinski definition) is 1. The van der Waals surface area contributed by atoms with E-state index in [0.29, 0.717) is 50.2 Å². The highest BCUT2D eigenvalue weighted by Gasteiger charge is 2.52. The Kier molecular flexibility index (Phi) is 10.6. The first-order chi connectivity index (χ1) is 18.5. The van der Waals surface area contributed by atoms with E-state index in [1.54, 1.807) is 0 Å². The Morgan fingerprint density at radius 1 is 0.816 bits per heavy atom. The van der Waals surface area contributed by atoms with Gasteiger partial charge in [0.2, 0.25) is 10.0 Å². The summed E-state index contributed by atoms with van der Waals surface area (Å²) in [5.41, 5.74) is 0. The Labute approximate surface area is 230 Å². The molecule has 1 N–H and O–H groups in total. The maximum Gasteiger partial charge on any atom is 0.214 e. The van der Waals surface area contributed by atoms with Crippen LogP contribution in [0, 0.1) is 17.8 Å². The van der Waals surface area contributed by atoms with Crippen molar-refractivity contribution in [1.29, 1.82) is 0 Å². The monoisotopic (exact) mass is 553 g/mol. The van der Waals surface area contributed by atoms with Crippen molar-refractivity contribution in [3.05, 3.63) is 12.7 Å². The summed E-state index contributed by atoms with van der Waals surface area (Å²) in [6.07, 6.45) is 18.1. The van der Waals surface area contributed by atoms with Gasteiger partial charge in [-0.25, -0.2) is 13.1 Å². The molecule has 0 radical (unpaired) electrons. The number of allylic oxidation sites excluding steroid dienone is 1. The first kappa shape index (κ1) is 29.0.